The van der Waals surface area contributed by atoms with Crippen LogP contribution >= 0.6 is 0 Å². The molecule has 106 valence electrons. The van der Waals surface area contributed by atoms with Gasteiger partial charge in [0.2, 0.25) is 11.8 Å². The lowest BCUT2D eigenvalue weighted by Crippen LogP contribution is -2.35. The van der Waals surface area contributed by atoms with E-state index in [1.54, 1.807) is 13.8 Å². The minimum Gasteiger partial charge on any atom is -0.384 e. The summed E-state index contributed by atoms with van der Waals surface area (Å²) in [7, 11) is 0. The number of carbonyl (C=O) groups is 2. The summed E-state index contributed by atoms with van der Waals surface area (Å²) in [5.41, 5.74) is -0.682. The maximum Gasteiger partial charge on any atom is 0.241 e. The van der Waals surface area contributed by atoms with Gasteiger partial charge >= 0.3 is 0 Å². The molecule has 0 radical (unpaired) electrons. The summed E-state index contributed by atoms with van der Waals surface area (Å²) >= 11 is 0. The highest BCUT2D eigenvalue weighted by Crippen LogP contribution is 2.15. The quantitative estimate of drug-likeness (QED) is 0.560. The van der Waals surface area contributed by atoms with Crippen molar-refractivity contribution in [3.63, 3.8) is 0 Å². The molecule has 0 atom stereocenters. The first-order chi connectivity index (χ1) is 8.79. The number of nitrogens with zero attached hydrogens (tertiary/aromatic N) is 3. The lowest BCUT2D eigenvalue weighted by atomic mass is 10.1. The molecule has 0 aromatic carbocycles. The number of carbonyl (C=O) groups excluding carboxylic acids is 2. The molecule has 0 aliphatic rings. The van der Waals surface area contributed by atoms with E-state index in [1.165, 1.54) is 17.8 Å². The van der Waals surface area contributed by atoms with Gasteiger partial charge in [0.25, 0.3) is 0 Å². The highest BCUT2D eigenvalue weighted by Gasteiger charge is 2.20. The lowest BCUT2D eigenvalue weighted by molar-refractivity contribution is -0.122. The number of hydrogen-bond donors (Lipinski definition) is 3. The van der Waals surface area contributed by atoms with E-state index >= 15 is 0 Å². The van der Waals surface area contributed by atoms with E-state index in [2.05, 4.69) is 20.9 Å². The van der Waals surface area contributed by atoms with Crippen LogP contribution in [-0.4, -0.2) is 45.0 Å². The Kier molecular flexibility index (Phi) is 4.99. The first kappa shape index (κ1) is 15.1. The minimum absolute atomic E-state index is 0.0170. The predicted molar refractivity (Wildman–Crippen MR) is 67.0 cm³/mol. The summed E-state index contributed by atoms with van der Waals surface area (Å²) in [6.45, 7) is 5.35. The summed E-state index contributed by atoms with van der Waals surface area (Å²) in [4.78, 5) is 22.1. The van der Waals surface area contributed by atoms with Gasteiger partial charge in [0, 0.05) is 20.0 Å². The van der Waals surface area contributed by atoms with Crippen molar-refractivity contribution in [2.45, 2.75) is 32.9 Å². The predicted octanol–water partition coefficient (Wildman–Crippen LogP) is -1.24. The van der Waals surface area contributed by atoms with Gasteiger partial charge in [-0.3, -0.25) is 9.59 Å². The Morgan fingerprint density at radius 1 is 1.37 bits per heavy atom. The Bertz CT molecular complexity index is 449. The lowest BCUT2D eigenvalue weighted by Gasteiger charge is -2.11. The normalized spacial score (nSPS) is 11.2. The second kappa shape index (κ2) is 6.28. The van der Waals surface area contributed by atoms with E-state index in [0.717, 1.165) is 0 Å². The summed E-state index contributed by atoms with van der Waals surface area (Å²) in [5.74, 6) is -0.377. The van der Waals surface area contributed by atoms with Crippen LogP contribution in [0.4, 0.5) is 0 Å². The molecule has 19 heavy (non-hydrogen) atoms. The Balaban J connectivity index is 2.36. The van der Waals surface area contributed by atoms with Crippen LogP contribution in [0.3, 0.4) is 0 Å². The molecule has 1 aromatic rings. The molecule has 1 rings (SSSR count). The van der Waals surface area contributed by atoms with Crippen molar-refractivity contribution in [1.82, 2.24) is 25.6 Å². The molecular formula is C11H19N5O3. The highest BCUT2D eigenvalue weighted by molar-refractivity contribution is 5.76. The van der Waals surface area contributed by atoms with Gasteiger partial charge in [-0.15, -0.1) is 5.10 Å². The topological polar surface area (TPSA) is 109 Å². The average Bonchev–Trinajstić information content (AvgIpc) is 2.72. The zero-order valence-electron chi connectivity index (χ0n) is 11.3. The van der Waals surface area contributed by atoms with Crippen molar-refractivity contribution < 1.29 is 14.7 Å². The standard InChI is InChI=1S/C11H19N5O3/c1-8(17)12-4-5-13-10(18)7-16-6-9(14-15-16)11(2,3)19/h6,19H,4-5,7H2,1-3H3,(H,12,17)(H,13,18). The van der Waals surface area contributed by atoms with Crippen molar-refractivity contribution in [2.24, 2.45) is 0 Å². The van der Waals surface area contributed by atoms with Crippen LogP contribution in [0.25, 0.3) is 0 Å². The molecule has 2 amide bonds. The van der Waals surface area contributed by atoms with Gasteiger partial charge in [0.15, 0.2) is 0 Å². The van der Waals surface area contributed by atoms with Crippen molar-refractivity contribution in [2.75, 3.05) is 13.1 Å². The number of amides is 2. The number of aromatic nitrogens is 3. The third-order valence-electron chi connectivity index (χ3n) is 2.29. The molecule has 0 unspecified atom stereocenters. The molecule has 0 saturated heterocycles. The van der Waals surface area contributed by atoms with Crippen LogP contribution in [0.2, 0.25) is 0 Å². The van der Waals surface area contributed by atoms with Crippen LogP contribution in [0.1, 0.15) is 26.5 Å². The molecule has 0 fully saturated rings. The van der Waals surface area contributed by atoms with Crippen LogP contribution in [0.15, 0.2) is 6.20 Å². The first-order valence-corrected chi connectivity index (χ1v) is 5.93. The number of aliphatic hydroxyl groups is 1. The molecule has 0 spiro atoms. The van der Waals surface area contributed by atoms with Gasteiger partial charge < -0.3 is 15.7 Å². The van der Waals surface area contributed by atoms with Crippen molar-refractivity contribution >= 4 is 11.8 Å². The van der Waals surface area contributed by atoms with Gasteiger partial charge in [-0.25, -0.2) is 4.68 Å². The van der Waals surface area contributed by atoms with Gasteiger partial charge in [-0.05, 0) is 13.8 Å². The second-order valence-corrected chi connectivity index (χ2v) is 4.69. The maximum absolute atomic E-state index is 11.5. The van der Waals surface area contributed by atoms with Gasteiger partial charge in [-0.2, -0.15) is 0 Å². The van der Waals surface area contributed by atoms with Crippen molar-refractivity contribution in [3.05, 3.63) is 11.9 Å². The van der Waals surface area contributed by atoms with Gasteiger partial charge in [-0.1, -0.05) is 5.21 Å². The van der Waals surface area contributed by atoms with E-state index in [1.807, 2.05) is 0 Å². The highest BCUT2D eigenvalue weighted by atomic mass is 16.3. The SMILES string of the molecule is CC(=O)NCCNC(=O)Cn1cc(C(C)(C)O)nn1. The third-order valence-corrected chi connectivity index (χ3v) is 2.29. The monoisotopic (exact) mass is 269 g/mol. The van der Waals surface area contributed by atoms with Crippen LogP contribution in [0.5, 0.6) is 0 Å². The summed E-state index contributed by atoms with van der Waals surface area (Å²) in [6, 6.07) is 0. The molecule has 0 bridgehead atoms. The first-order valence-electron chi connectivity index (χ1n) is 5.93. The molecule has 8 nitrogen and oxygen atoms in total. The zero-order chi connectivity index (χ0) is 14.5. The molecule has 8 heteroatoms. The summed E-state index contributed by atoms with van der Waals surface area (Å²) < 4.78 is 1.35. The van der Waals surface area contributed by atoms with E-state index < -0.39 is 5.60 Å². The number of nitrogens with one attached hydrogen (secondary N) is 2. The van der Waals surface area contributed by atoms with E-state index in [9.17, 15) is 14.7 Å². The second-order valence-electron chi connectivity index (χ2n) is 4.69. The molecule has 3 N–H and O–H groups in total. The molecular weight excluding hydrogens is 250 g/mol. The fourth-order valence-electron chi connectivity index (χ4n) is 1.30. The van der Waals surface area contributed by atoms with E-state index in [0.29, 0.717) is 18.8 Å². The fraction of sp³-hybridized carbons (Fsp3) is 0.636. The molecule has 1 heterocycles. The maximum atomic E-state index is 11.5. The Morgan fingerprint density at radius 3 is 2.53 bits per heavy atom. The largest absolute Gasteiger partial charge is 0.384 e. The molecule has 0 aliphatic carbocycles. The minimum atomic E-state index is -1.08. The fourth-order valence-corrected chi connectivity index (χ4v) is 1.30. The van der Waals surface area contributed by atoms with Gasteiger partial charge in [0.1, 0.15) is 17.8 Å². The molecule has 0 saturated carbocycles. The van der Waals surface area contributed by atoms with Crippen molar-refractivity contribution in [3.8, 4) is 0 Å². The van der Waals surface area contributed by atoms with Crippen LogP contribution < -0.4 is 10.6 Å². The average molecular weight is 269 g/mol. The zero-order valence-corrected chi connectivity index (χ0v) is 11.3. The Morgan fingerprint density at radius 2 is 2.00 bits per heavy atom. The Hall–Kier alpha value is -1.96. The van der Waals surface area contributed by atoms with Crippen LogP contribution in [-0.2, 0) is 21.7 Å². The summed E-state index contributed by atoms with van der Waals surface area (Å²) in [5, 5.41) is 22.4. The third kappa shape index (κ3) is 5.47. The molecule has 1 aromatic heterocycles. The van der Waals surface area contributed by atoms with E-state index in [-0.39, 0.29) is 18.4 Å². The summed E-state index contributed by atoms with van der Waals surface area (Å²) in [6.07, 6.45) is 1.52. The number of rotatable bonds is 6. The smallest absolute Gasteiger partial charge is 0.241 e. The van der Waals surface area contributed by atoms with Crippen LogP contribution in [0, 0.1) is 0 Å². The number of hydrogen-bond acceptors (Lipinski definition) is 5. The Labute approximate surface area is 111 Å². The molecule has 0 aliphatic heterocycles. The van der Waals surface area contributed by atoms with Crippen molar-refractivity contribution in [1.29, 1.82) is 0 Å². The van der Waals surface area contributed by atoms with Gasteiger partial charge in [0.05, 0.1) is 6.20 Å². The van der Waals surface area contributed by atoms with E-state index in [4.69, 9.17) is 0 Å².